The molecule has 0 aromatic heterocycles. The summed E-state index contributed by atoms with van der Waals surface area (Å²) in [5, 5.41) is 9.86. The highest BCUT2D eigenvalue weighted by atomic mass is 79.9. The third-order valence-electron chi connectivity index (χ3n) is 4.88. The number of aryl methyl sites for hydroxylation is 1. The van der Waals surface area contributed by atoms with Gasteiger partial charge in [-0.2, -0.15) is 5.26 Å². The summed E-state index contributed by atoms with van der Waals surface area (Å²) in [7, 11) is 0. The predicted molar refractivity (Wildman–Crippen MR) is 84.6 cm³/mol. The molecular weight excluding hydrogens is 312 g/mol. The summed E-state index contributed by atoms with van der Waals surface area (Å²) in [5.74, 6) is 0. The number of hydrogen-bond acceptors (Lipinski definition) is 2. The minimum atomic E-state index is -0.259. The summed E-state index contributed by atoms with van der Waals surface area (Å²) in [6.45, 7) is 2.19. The largest absolute Gasteiger partial charge is 0.285 e. The first-order valence-electron chi connectivity index (χ1n) is 7.67. The summed E-state index contributed by atoms with van der Waals surface area (Å²) >= 11 is 3.55. The Bertz CT molecular complexity index is 526. The molecule has 2 nitrogen and oxygen atoms in total. The van der Waals surface area contributed by atoms with Gasteiger partial charge in [-0.1, -0.05) is 34.8 Å². The number of rotatable bonds is 1. The van der Waals surface area contributed by atoms with Gasteiger partial charge in [0.25, 0.3) is 0 Å². The summed E-state index contributed by atoms with van der Waals surface area (Å²) < 4.78 is 1.15. The van der Waals surface area contributed by atoms with Crippen molar-refractivity contribution in [1.29, 1.82) is 5.26 Å². The molecule has 1 fully saturated rings. The number of nitrogens with zero attached hydrogens (tertiary/aromatic N) is 2. The molecule has 3 rings (SSSR count). The van der Waals surface area contributed by atoms with Crippen molar-refractivity contribution in [1.82, 2.24) is 4.90 Å². The molecular formula is C17H21BrN2. The van der Waals surface area contributed by atoms with Gasteiger partial charge in [-0.25, -0.2) is 0 Å². The number of hydrogen-bond donors (Lipinski definition) is 0. The SMILES string of the molecule is N#CC1(N2CCCCCC2)CCc2cc(Br)ccc2C1. The maximum Gasteiger partial charge on any atom is 0.113 e. The van der Waals surface area contributed by atoms with Gasteiger partial charge in [0.05, 0.1) is 6.07 Å². The van der Waals surface area contributed by atoms with Crippen molar-refractivity contribution < 1.29 is 0 Å². The van der Waals surface area contributed by atoms with Crippen LogP contribution in [0.2, 0.25) is 0 Å². The molecule has 1 atom stereocenters. The van der Waals surface area contributed by atoms with Crippen molar-refractivity contribution in [2.75, 3.05) is 13.1 Å². The fourth-order valence-electron chi connectivity index (χ4n) is 3.68. The number of benzene rings is 1. The lowest BCUT2D eigenvalue weighted by Gasteiger charge is -2.41. The van der Waals surface area contributed by atoms with Crippen molar-refractivity contribution in [2.45, 2.75) is 50.5 Å². The van der Waals surface area contributed by atoms with Crippen molar-refractivity contribution in [3.63, 3.8) is 0 Å². The Morgan fingerprint density at radius 1 is 1.10 bits per heavy atom. The minimum Gasteiger partial charge on any atom is -0.285 e. The fraction of sp³-hybridized carbons (Fsp3) is 0.588. The van der Waals surface area contributed by atoms with Crippen LogP contribution in [0.15, 0.2) is 22.7 Å². The van der Waals surface area contributed by atoms with Crippen LogP contribution in [-0.2, 0) is 12.8 Å². The van der Waals surface area contributed by atoms with Gasteiger partial charge >= 0.3 is 0 Å². The first kappa shape index (κ1) is 14.1. The van der Waals surface area contributed by atoms with Crippen LogP contribution in [0.5, 0.6) is 0 Å². The molecule has 106 valence electrons. The Morgan fingerprint density at radius 2 is 1.85 bits per heavy atom. The molecule has 1 aromatic rings. The highest BCUT2D eigenvalue weighted by Crippen LogP contribution is 2.35. The molecule has 0 radical (unpaired) electrons. The van der Waals surface area contributed by atoms with Crippen LogP contribution in [0.3, 0.4) is 0 Å². The van der Waals surface area contributed by atoms with E-state index in [4.69, 9.17) is 0 Å². The van der Waals surface area contributed by atoms with Gasteiger partial charge in [-0.05, 0) is 62.0 Å². The van der Waals surface area contributed by atoms with Gasteiger partial charge < -0.3 is 0 Å². The molecule has 2 aliphatic rings. The molecule has 0 bridgehead atoms. The van der Waals surface area contributed by atoms with Crippen LogP contribution in [0.1, 0.15) is 43.2 Å². The van der Waals surface area contributed by atoms with E-state index < -0.39 is 0 Å². The van der Waals surface area contributed by atoms with Crippen LogP contribution >= 0.6 is 15.9 Å². The van der Waals surface area contributed by atoms with E-state index in [1.807, 2.05) is 0 Å². The second kappa shape index (κ2) is 5.87. The summed E-state index contributed by atoms with van der Waals surface area (Å²) in [5.41, 5.74) is 2.52. The molecule has 1 aliphatic heterocycles. The first-order chi connectivity index (χ1) is 9.73. The Balaban J connectivity index is 1.87. The van der Waals surface area contributed by atoms with Crippen LogP contribution < -0.4 is 0 Å². The highest BCUT2D eigenvalue weighted by molar-refractivity contribution is 9.10. The zero-order valence-corrected chi connectivity index (χ0v) is 13.5. The van der Waals surface area contributed by atoms with Gasteiger partial charge in [0.15, 0.2) is 0 Å². The molecule has 1 unspecified atom stereocenters. The average molecular weight is 333 g/mol. The van der Waals surface area contributed by atoms with Crippen molar-refractivity contribution in [2.24, 2.45) is 0 Å². The van der Waals surface area contributed by atoms with Crippen LogP contribution in [-0.4, -0.2) is 23.5 Å². The number of halogens is 1. The molecule has 0 amide bonds. The van der Waals surface area contributed by atoms with Gasteiger partial charge in [0.1, 0.15) is 5.54 Å². The van der Waals surface area contributed by atoms with E-state index in [1.165, 1.54) is 36.8 Å². The first-order valence-corrected chi connectivity index (χ1v) is 8.46. The van der Waals surface area contributed by atoms with E-state index in [-0.39, 0.29) is 5.54 Å². The summed E-state index contributed by atoms with van der Waals surface area (Å²) in [6, 6.07) is 9.21. The maximum atomic E-state index is 9.86. The molecule has 1 saturated heterocycles. The standard InChI is InChI=1S/C17H21BrN2/c18-16-6-5-15-12-17(13-19,8-7-14(15)11-16)20-9-3-1-2-4-10-20/h5-6,11H,1-4,7-10,12H2. The molecule has 0 spiro atoms. The lowest BCUT2D eigenvalue weighted by molar-refractivity contribution is 0.126. The zero-order chi connectivity index (χ0) is 14.0. The second-order valence-electron chi connectivity index (χ2n) is 6.13. The lowest BCUT2D eigenvalue weighted by atomic mass is 9.77. The normalized spacial score (nSPS) is 27.4. The average Bonchev–Trinajstić information content (AvgIpc) is 2.76. The predicted octanol–water partition coefficient (Wildman–Crippen LogP) is 4.08. The van der Waals surface area contributed by atoms with Crippen LogP contribution in [0.4, 0.5) is 0 Å². The third-order valence-corrected chi connectivity index (χ3v) is 5.37. The summed E-state index contributed by atoms with van der Waals surface area (Å²) in [4.78, 5) is 2.48. The van der Waals surface area contributed by atoms with Crippen molar-refractivity contribution in [3.05, 3.63) is 33.8 Å². The van der Waals surface area contributed by atoms with E-state index in [1.54, 1.807) is 0 Å². The van der Waals surface area contributed by atoms with Crippen LogP contribution in [0, 0.1) is 11.3 Å². The molecule has 0 saturated carbocycles. The topological polar surface area (TPSA) is 27.0 Å². The minimum absolute atomic E-state index is 0.259. The van der Waals surface area contributed by atoms with E-state index in [9.17, 15) is 5.26 Å². The molecule has 1 aliphatic carbocycles. The highest BCUT2D eigenvalue weighted by Gasteiger charge is 2.40. The summed E-state index contributed by atoms with van der Waals surface area (Å²) in [6.07, 6.45) is 8.04. The Hall–Kier alpha value is -0.850. The smallest absolute Gasteiger partial charge is 0.113 e. The van der Waals surface area contributed by atoms with Crippen molar-refractivity contribution in [3.8, 4) is 6.07 Å². The van der Waals surface area contributed by atoms with E-state index >= 15 is 0 Å². The molecule has 1 aromatic carbocycles. The van der Waals surface area contributed by atoms with E-state index in [2.05, 4.69) is 45.1 Å². The Morgan fingerprint density at radius 3 is 2.55 bits per heavy atom. The Kier molecular flexibility index (Phi) is 4.14. The lowest BCUT2D eigenvalue weighted by Crippen LogP contribution is -2.51. The zero-order valence-electron chi connectivity index (χ0n) is 11.9. The second-order valence-corrected chi connectivity index (χ2v) is 7.05. The molecule has 0 N–H and O–H groups in total. The number of fused-ring (bicyclic) bond motifs is 1. The van der Waals surface area contributed by atoms with Crippen LogP contribution in [0.25, 0.3) is 0 Å². The number of nitriles is 1. The fourth-order valence-corrected chi connectivity index (χ4v) is 4.09. The Labute approximate surface area is 129 Å². The third kappa shape index (κ3) is 2.64. The number of likely N-dealkylation sites (tertiary alicyclic amines) is 1. The van der Waals surface area contributed by atoms with Crippen molar-refractivity contribution >= 4 is 15.9 Å². The van der Waals surface area contributed by atoms with Gasteiger partial charge in [0, 0.05) is 10.9 Å². The molecule has 1 heterocycles. The molecule has 20 heavy (non-hydrogen) atoms. The van der Waals surface area contributed by atoms with E-state index in [0.717, 1.165) is 36.8 Å². The van der Waals surface area contributed by atoms with Gasteiger partial charge in [0.2, 0.25) is 0 Å². The maximum absolute atomic E-state index is 9.86. The van der Waals surface area contributed by atoms with Gasteiger partial charge in [-0.15, -0.1) is 0 Å². The monoisotopic (exact) mass is 332 g/mol. The van der Waals surface area contributed by atoms with E-state index in [0.29, 0.717) is 0 Å². The van der Waals surface area contributed by atoms with Gasteiger partial charge in [-0.3, -0.25) is 4.90 Å². The molecule has 3 heteroatoms. The quantitative estimate of drug-likeness (QED) is 0.774.